The van der Waals surface area contributed by atoms with E-state index >= 15 is 0 Å². The summed E-state index contributed by atoms with van der Waals surface area (Å²) in [5.74, 6) is -0.0400. The number of nitrogens with one attached hydrogen (secondary N) is 1. The first-order valence-electron chi connectivity index (χ1n) is 11.7. The lowest BCUT2D eigenvalue weighted by Crippen LogP contribution is -2.35. The van der Waals surface area contributed by atoms with E-state index in [0.717, 1.165) is 67.9 Å². The van der Waals surface area contributed by atoms with Crippen molar-refractivity contribution in [2.24, 2.45) is 0 Å². The number of nitrogens with zero attached hydrogens (tertiary/aromatic N) is 3. The number of benzene rings is 2. The lowest BCUT2D eigenvalue weighted by atomic mass is 10.1. The predicted octanol–water partition coefficient (Wildman–Crippen LogP) is 4.42. The average Bonchev–Trinajstić information content (AvgIpc) is 3.53. The van der Waals surface area contributed by atoms with Gasteiger partial charge in [0.25, 0.3) is 0 Å². The van der Waals surface area contributed by atoms with Crippen LogP contribution in [0.4, 0.5) is 11.4 Å². The van der Waals surface area contributed by atoms with Gasteiger partial charge in [-0.05, 0) is 48.7 Å². The maximum Gasteiger partial charge on any atom is 0.230 e. The Morgan fingerprint density at radius 3 is 2.61 bits per heavy atom. The van der Waals surface area contributed by atoms with Gasteiger partial charge in [-0.25, -0.2) is 4.98 Å². The number of ether oxygens (including phenoxy) is 1. The molecule has 1 amide bonds. The van der Waals surface area contributed by atoms with Crippen LogP contribution in [0.15, 0.2) is 53.9 Å². The zero-order valence-corrected chi connectivity index (χ0v) is 19.7. The number of rotatable bonds is 7. The van der Waals surface area contributed by atoms with Gasteiger partial charge < -0.3 is 15.0 Å². The van der Waals surface area contributed by atoms with Crippen molar-refractivity contribution in [1.29, 1.82) is 0 Å². The highest BCUT2D eigenvalue weighted by molar-refractivity contribution is 7.13. The number of hydrogen-bond donors (Lipinski definition) is 1. The molecule has 1 aromatic heterocycles. The summed E-state index contributed by atoms with van der Waals surface area (Å²) < 4.78 is 5.44. The summed E-state index contributed by atoms with van der Waals surface area (Å²) >= 11 is 1.59. The molecule has 0 radical (unpaired) electrons. The van der Waals surface area contributed by atoms with Crippen LogP contribution >= 0.6 is 11.3 Å². The Bertz CT molecular complexity index is 1070. The van der Waals surface area contributed by atoms with Crippen molar-refractivity contribution < 1.29 is 9.53 Å². The molecule has 3 aromatic rings. The van der Waals surface area contributed by atoms with Crippen molar-refractivity contribution in [2.75, 3.05) is 49.6 Å². The molecule has 3 heterocycles. The van der Waals surface area contributed by atoms with E-state index in [1.807, 2.05) is 17.5 Å². The summed E-state index contributed by atoms with van der Waals surface area (Å²) in [6, 6.07) is 16.7. The van der Waals surface area contributed by atoms with Gasteiger partial charge in [0.15, 0.2) is 0 Å². The van der Waals surface area contributed by atoms with Crippen molar-refractivity contribution in [3.8, 4) is 10.6 Å². The third kappa shape index (κ3) is 5.79. The smallest absolute Gasteiger partial charge is 0.230 e. The second kappa shape index (κ2) is 10.5. The summed E-state index contributed by atoms with van der Waals surface area (Å²) in [5.41, 5.74) is 5.25. The molecule has 2 aromatic carbocycles. The predicted molar refractivity (Wildman–Crippen MR) is 134 cm³/mol. The van der Waals surface area contributed by atoms with E-state index in [2.05, 4.69) is 51.5 Å². The summed E-state index contributed by atoms with van der Waals surface area (Å²) in [4.78, 5) is 22.1. The number of aromatic nitrogens is 1. The maximum absolute atomic E-state index is 12.6. The number of anilines is 2. The van der Waals surface area contributed by atoms with Gasteiger partial charge in [-0.1, -0.05) is 18.2 Å². The van der Waals surface area contributed by atoms with Gasteiger partial charge in [0.05, 0.1) is 25.3 Å². The van der Waals surface area contributed by atoms with Crippen LogP contribution in [0, 0.1) is 0 Å². The van der Waals surface area contributed by atoms with E-state index in [0.29, 0.717) is 0 Å². The molecule has 33 heavy (non-hydrogen) atoms. The number of hydrogen-bond acceptors (Lipinski definition) is 6. The standard InChI is InChI=1S/C26H30N4O2S/c31-25(27-22-6-8-24(9-7-22)30-10-1-2-11-30)17-23-19-33-26(28-23)21-5-3-4-20(16-21)18-29-12-14-32-15-13-29/h3-9,16,19H,1-2,10-15,17-18H2,(H,27,31). The lowest BCUT2D eigenvalue weighted by molar-refractivity contribution is -0.115. The molecule has 2 aliphatic rings. The molecule has 0 spiro atoms. The molecule has 2 fully saturated rings. The zero-order valence-electron chi connectivity index (χ0n) is 18.8. The molecule has 5 rings (SSSR count). The number of carbonyl (C=O) groups is 1. The molecule has 1 N–H and O–H groups in total. The van der Waals surface area contributed by atoms with Crippen molar-refractivity contribution >= 4 is 28.6 Å². The monoisotopic (exact) mass is 462 g/mol. The average molecular weight is 463 g/mol. The normalized spacial score (nSPS) is 16.8. The fourth-order valence-electron chi connectivity index (χ4n) is 4.44. The first kappa shape index (κ1) is 22.1. The Labute approximate surface area is 199 Å². The fraction of sp³-hybridized carbons (Fsp3) is 0.385. The Kier molecular flexibility index (Phi) is 7.00. The van der Waals surface area contributed by atoms with Crippen molar-refractivity contribution in [1.82, 2.24) is 9.88 Å². The minimum atomic E-state index is -0.0400. The molecule has 0 saturated carbocycles. The minimum Gasteiger partial charge on any atom is -0.379 e. The number of carbonyl (C=O) groups excluding carboxylic acids is 1. The van der Waals surface area contributed by atoms with Crippen LogP contribution < -0.4 is 10.2 Å². The molecule has 2 saturated heterocycles. The van der Waals surface area contributed by atoms with Crippen LogP contribution in [0.25, 0.3) is 10.6 Å². The Balaban J connectivity index is 1.17. The Hall–Kier alpha value is -2.74. The quantitative estimate of drug-likeness (QED) is 0.563. The summed E-state index contributed by atoms with van der Waals surface area (Å²) in [6.45, 7) is 6.72. The van der Waals surface area contributed by atoms with E-state index in [1.54, 1.807) is 11.3 Å². The van der Waals surface area contributed by atoms with Crippen LogP contribution in [0.3, 0.4) is 0 Å². The highest BCUT2D eigenvalue weighted by atomic mass is 32.1. The van der Waals surface area contributed by atoms with Gasteiger partial charge in [-0.15, -0.1) is 11.3 Å². The van der Waals surface area contributed by atoms with E-state index in [4.69, 9.17) is 9.72 Å². The van der Waals surface area contributed by atoms with Crippen molar-refractivity contribution in [3.05, 3.63) is 65.2 Å². The number of amides is 1. The number of thiazole rings is 1. The van der Waals surface area contributed by atoms with Crippen molar-refractivity contribution in [2.45, 2.75) is 25.8 Å². The van der Waals surface area contributed by atoms with Gasteiger partial charge in [0.2, 0.25) is 5.91 Å². The van der Waals surface area contributed by atoms with E-state index in [9.17, 15) is 4.79 Å². The Morgan fingerprint density at radius 1 is 1.03 bits per heavy atom. The summed E-state index contributed by atoms with van der Waals surface area (Å²) in [6.07, 6.45) is 2.79. The summed E-state index contributed by atoms with van der Waals surface area (Å²) in [7, 11) is 0. The molecular weight excluding hydrogens is 432 g/mol. The largest absolute Gasteiger partial charge is 0.379 e. The molecule has 0 bridgehead atoms. The second-order valence-corrected chi connectivity index (χ2v) is 9.56. The first-order valence-corrected chi connectivity index (χ1v) is 12.6. The molecule has 7 heteroatoms. The molecule has 0 unspecified atom stereocenters. The Morgan fingerprint density at radius 2 is 1.82 bits per heavy atom. The topological polar surface area (TPSA) is 57.7 Å². The third-order valence-electron chi connectivity index (χ3n) is 6.20. The third-order valence-corrected chi connectivity index (χ3v) is 7.14. The first-order chi connectivity index (χ1) is 16.2. The molecule has 0 aliphatic carbocycles. The van der Waals surface area contributed by atoms with E-state index in [1.165, 1.54) is 24.1 Å². The van der Waals surface area contributed by atoms with Crippen LogP contribution in [-0.4, -0.2) is 55.2 Å². The maximum atomic E-state index is 12.6. The molecular formula is C26H30N4O2S. The van der Waals surface area contributed by atoms with Gasteiger partial charge >= 0.3 is 0 Å². The summed E-state index contributed by atoms with van der Waals surface area (Å²) in [5, 5.41) is 5.94. The van der Waals surface area contributed by atoms with Gasteiger partial charge in [-0.2, -0.15) is 0 Å². The van der Waals surface area contributed by atoms with Crippen LogP contribution in [0.1, 0.15) is 24.1 Å². The second-order valence-electron chi connectivity index (χ2n) is 8.70. The SMILES string of the molecule is O=C(Cc1csc(-c2cccc(CN3CCOCC3)c2)n1)Nc1ccc(N2CCCC2)cc1. The number of morpholine rings is 1. The van der Waals surface area contributed by atoms with E-state index < -0.39 is 0 Å². The molecule has 2 aliphatic heterocycles. The zero-order chi connectivity index (χ0) is 22.5. The van der Waals surface area contributed by atoms with E-state index in [-0.39, 0.29) is 12.3 Å². The molecule has 6 nitrogen and oxygen atoms in total. The fourth-order valence-corrected chi connectivity index (χ4v) is 5.26. The van der Waals surface area contributed by atoms with Crippen LogP contribution in [-0.2, 0) is 22.5 Å². The highest BCUT2D eigenvalue weighted by Gasteiger charge is 2.14. The minimum absolute atomic E-state index is 0.0400. The lowest BCUT2D eigenvalue weighted by Gasteiger charge is -2.26. The van der Waals surface area contributed by atoms with Crippen LogP contribution in [0.5, 0.6) is 0 Å². The molecule has 0 atom stereocenters. The van der Waals surface area contributed by atoms with Crippen molar-refractivity contribution in [3.63, 3.8) is 0 Å². The highest BCUT2D eigenvalue weighted by Crippen LogP contribution is 2.26. The van der Waals surface area contributed by atoms with Crippen LogP contribution in [0.2, 0.25) is 0 Å². The van der Waals surface area contributed by atoms with Gasteiger partial charge in [-0.3, -0.25) is 9.69 Å². The van der Waals surface area contributed by atoms with Gasteiger partial charge in [0.1, 0.15) is 5.01 Å². The molecule has 172 valence electrons. The van der Waals surface area contributed by atoms with Gasteiger partial charge in [0, 0.05) is 55.0 Å².